The molecule has 1 atom stereocenters. The molecule has 0 aliphatic carbocycles. The highest BCUT2D eigenvalue weighted by Crippen LogP contribution is 2.31. The van der Waals surface area contributed by atoms with Gasteiger partial charge in [-0.3, -0.25) is 0 Å². The smallest absolute Gasteiger partial charge is 0.161 e. The molecule has 0 spiro atoms. The molecule has 4 nitrogen and oxygen atoms in total. The first kappa shape index (κ1) is 20.9. The SMILES string of the molecule is COc1ccc(C(CNCc2ccc(C)cc2)OCc2ccccc2)cc1OC. The van der Waals surface area contributed by atoms with E-state index in [-0.39, 0.29) is 6.10 Å². The second-order valence-corrected chi connectivity index (χ2v) is 7.02. The van der Waals surface area contributed by atoms with Crippen LogP contribution in [-0.2, 0) is 17.9 Å². The van der Waals surface area contributed by atoms with Gasteiger partial charge in [0.2, 0.25) is 0 Å². The highest BCUT2D eigenvalue weighted by molar-refractivity contribution is 5.43. The van der Waals surface area contributed by atoms with Gasteiger partial charge in [0, 0.05) is 13.1 Å². The highest BCUT2D eigenvalue weighted by Gasteiger charge is 2.15. The molecule has 0 fully saturated rings. The van der Waals surface area contributed by atoms with Gasteiger partial charge in [0.05, 0.1) is 26.9 Å². The van der Waals surface area contributed by atoms with Crippen LogP contribution in [0.1, 0.15) is 28.4 Å². The van der Waals surface area contributed by atoms with E-state index < -0.39 is 0 Å². The second kappa shape index (κ2) is 10.6. The highest BCUT2D eigenvalue weighted by atomic mass is 16.5. The summed E-state index contributed by atoms with van der Waals surface area (Å²) >= 11 is 0. The first-order valence-electron chi connectivity index (χ1n) is 9.83. The molecule has 152 valence electrons. The van der Waals surface area contributed by atoms with Crippen molar-refractivity contribution in [3.8, 4) is 11.5 Å². The second-order valence-electron chi connectivity index (χ2n) is 7.02. The molecule has 0 saturated heterocycles. The third-order valence-electron chi connectivity index (χ3n) is 4.85. The number of ether oxygens (including phenoxy) is 3. The quantitative estimate of drug-likeness (QED) is 0.524. The van der Waals surface area contributed by atoms with Crippen LogP contribution in [0.15, 0.2) is 72.8 Å². The number of hydrogen-bond donors (Lipinski definition) is 1. The van der Waals surface area contributed by atoms with E-state index in [1.165, 1.54) is 11.1 Å². The summed E-state index contributed by atoms with van der Waals surface area (Å²) in [5.74, 6) is 1.42. The summed E-state index contributed by atoms with van der Waals surface area (Å²) < 4.78 is 17.1. The van der Waals surface area contributed by atoms with E-state index >= 15 is 0 Å². The first-order valence-corrected chi connectivity index (χ1v) is 9.83. The van der Waals surface area contributed by atoms with Gasteiger partial charge in [0.15, 0.2) is 11.5 Å². The Morgan fingerprint density at radius 1 is 0.793 bits per heavy atom. The number of methoxy groups -OCH3 is 2. The maximum absolute atomic E-state index is 6.29. The standard InChI is InChI=1S/C25H29NO3/c1-19-9-11-20(12-10-19)16-26-17-25(29-18-21-7-5-4-6-8-21)22-13-14-23(27-2)24(15-22)28-3/h4-15,25-26H,16-18H2,1-3H3. The van der Waals surface area contributed by atoms with Crippen LogP contribution in [-0.4, -0.2) is 20.8 Å². The summed E-state index contributed by atoms with van der Waals surface area (Å²) in [4.78, 5) is 0. The average Bonchev–Trinajstić information content (AvgIpc) is 2.77. The van der Waals surface area contributed by atoms with Crippen LogP contribution in [0.2, 0.25) is 0 Å². The van der Waals surface area contributed by atoms with Crippen LogP contribution in [0.5, 0.6) is 11.5 Å². The molecule has 4 heteroatoms. The molecule has 0 amide bonds. The van der Waals surface area contributed by atoms with Crippen LogP contribution < -0.4 is 14.8 Å². The third-order valence-corrected chi connectivity index (χ3v) is 4.85. The third kappa shape index (κ3) is 6.08. The predicted octanol–water partition coefficient (Wildman–Crippen LogP) is 5.06. The van der Waals surface area contributed by atoms with E-state index in [4.69, 9.17) is 14.2 Å². The number of hydrogen-bond acceptors (Lipinski definition) is 4. The molecule has 1 unspecified atom stereocenters. The van der Waals surface area contributed by atoms with Gasteiger partial charge in [0.1, 0.15) is 0 Å². The Balaban J connectivity index is 1.71. The van der Waals surface area contributed by atoms with Gasteiger partial charge in [-0.2, -0.15) is 0 Å². The van der Waals surface area contributed by atoms with Gasteiger partial charge in [-0.1, -0.05) is 66.2 Å². The monoisotopic (exact) mass is 391 g/mol. The molecule has 0 radical (unpaired) electrons. The minimum Gasteiger partial charge on any atom is -0.493 e. The van der Waals surface area contributed by atoms with Crippen molar-refractivity contribution in [2.45, 2.75) is 26.2 Å². The molecule has 3 aromatic rings. The summed E-state index contributed by atoms with van der Waals surface area (Å²) in [5.41, 5.74) is 4.72. The summed E-state index contributed by atoms with van der Waals surface area (Å²) in [7, 11) is 3.29. The van der Waals surface area contributed by atoms with Gasteiger partial charge in [-0.15, -0.1) is 0 Å². The lowest BCUT2D eigenvalue weighted by atomic mass is 10.1. The summed E-state index contributed by atoms with van der Waals surface area (Å²) in [6.45, 7) is 4.13. The summed E-state index contributed by atoms with van der Waals surface area (Å²) in [5, 5.41) is 3.53. The molecular formula is C25H29NO3. The van der Waals surface area contributed by atoms with E-state index in [2.05, 4.69) is 48.6 Å². The van der Waals surface area contributed by atoms with Crippen molar-refractivity contribution < 1.29 is 14.2 Å². The largest absolute Gasteiger partial charge is 0.493 e. The molecular weight excluding hydrogens is 362 g/mol. The van der Waals surface area contributed by atoms with Gasteiger partial charge >= 0.3 is 0 Å². The van der Waals surface area contributed by atoms with Crippen LogP contribution in [0, 0.1) is 6.92 Å². The molecule has 0 heterocycles. The lowest BCUT2D eigenvalue weighted by molar-refractivity contribution is 0.0394. The van der Waals surface area contributed by atoms with Crippen LogP contribution in [0.25, 0.3) is 0 Å². The zero-order chi connectivity index (χ0) is 20.5. The maximum atomic E-state index is 6.29. The number of benzene rings is 3. The number of nitrogens with one attached hydrogen (secondary N) is 1. The minimum absolute atomic E-state index is 0.111. The Kier molecular flexibility index (Phi) is 7.68. The fourth-order valence-electron chi connectivity index (χ4n) is 3.15. The van der Waals surface area contributed by atoms with Crippen LogP contribution in [0.3, 0.4) is 0 Å². The van der Waals surface area contributed by atoms with Gasteiger partial charge in [-0.25, -0.2) is 0 Å². The zero-order valence-corrected chi connectivity index (χ0v) is 17.4. The molecule has 3 aromatic carbocycles. The summed E-state index contributed by atoms with van der Waals surface area (Å²) in [6, 6.07) is 24.7. The van der Waals surface area contributed by atoms with Crippen molar-refractivity contribution in [2.75, 3.05) is 20.8 Å². The summed E-state index contributed by atoms with van der Waals surface area (Å²) in [6.07, 6.45) is -0.111. The van der Waals surface area contributed by atoms with Crippen molar-refractivity contribution in [2.24, 2.45) is 0 Å². The van der Waals surface area contributed by atoms with Gasteiger partial charge in [0.25, 0.3) is 0 Å². The van der Waals surface area contributed by atoms with E-state index in [0.717, 1.165) is 17.7 Å². The van der Waals surface area contributed by atoms with Crippen molar-refractivity contribution in [1.82, 2.24) is 5.32 Å². The van der Waals surface area contributed by atoms with E-state index in [1.807, 2.05) is 36.4 Å². The maximum Gasteiger partial charge on any atom is 0.161 e. The Hall–Kier alpha value is -2.82. The molecule has 0 aliphatic rings. The lowest BCUT2D eigenvalue weighted by Crippen LogP contribution is -2.23. The van der Waals surface area contributed by atoms with Crippen molar-refractivity contribution in [1.29, 1.82) is 0 Å². The lowest BCUT2D eigenvalue weighted by Gasteiger charge is -2.21. The Labute approximate surface area is 173 Å². The van der Waals surface area contributed by atoms with Crippen molar-refractivity contribution in [3.63, 3.8) is 0 Å². The number of aryl methyl sites for hydroxylation is 1. The molecule has 0 saturated carbocycles. The average molecular weight is 392 g/mol. The Morgan fingerprint density at radius 2 is 1.52 bits per heavy atom. The molecule has 29 heavy (non-hydrogen) atoms. The Morgan fingerprint density at radius 3 is 2.21 bits per heavy atom. The van der Waals surface area contributed by atoms with Crippen molar-refractivity contribution >= 4 is 0 Å². The van der Waals surface area contributed by atoms with Gasteiger partial charge < -0.3 is 19.5 Å². The molecule has 0 bridgehead atoms. The fourth-order valence-corrected chi connectivity index (χ4v) is 3.15. The van der Waals surface area contributed by atoms with Crippen LogP contribution in [0.4, 0.5) is 0 Å². The normalized spacial score (nSPS) is 11.8. The molecule has 3 rings (SSSR count). The fraction of sp³-hybridized carbons (Fsp3) is 0.280. The predicted molar refractivity (Wildman–Crippen MR) is 116 cm³/mol. The molecule has 1 N–H and O–H groups in total. The topological polar surface area (TPSA) is 39.7 Å². The van der Waals surface area contributed by atoms with E-state index in [1.54, 1.807) is 14.2 Å². The van der Waals surface area contributed by atoms with Crippen LogP contribution >= 0.6 is 0 Å². The van der Waals surface area contributed by atoms with E-state index in [9.17, 15) is 0 Å². The molecule has 0 aliphatic heterocycles. The van der Waals surface area contributed by atoms with E-state index in [0.29, 0.717) is 24.7 Å². The van der Waals surface area contributed by atoms with Crippen molar-refractivity contribution in [3.05, 3.63) is 95.1 Å². The number of rotatable bonds is 10. The Bertz CT molecular complexity index is 878. The molecule has 0 aromatic heterocycles. The first-order chi connectivity index (χ1) is 14.2. The zero-order valence-electron chi connectivity index (χ0n) is 17.4. The minimum atomic E-state index is -0.111. The van der Waals surface area contributed by atoms with Gasteiger partial charge in [-0.05, 0) is 35.7 Å².